The molecule has 0 aliphatic heterocycles. The molecule has 0 aliphatic rings. The van der Waals surface area contributed by atoms with E-state index in [0.717, 1.165) is 0 Å². The van der Waals surface area contributed by atoms with Crippen LogP contribution in [0, 0.1) is 0 Å². The molecule has 0 heterocycles. The van der Waals surface area contributed by atoms with Gasteiger partial charge in [-0.1, -0.05) is 10.8 Å². The van der Waals surface area contributed by atoms with Gasteiger partial charge in [-0.05, 0) is 19.9 Å². The van der Waals surface area contributed by atoms with Crippen LogP contribution in [0.2, 0.25) is 0 Å². The van der Waals surface area contributed by atoms with Crippen molar-refractivity contribution < 1.29 is 15.0 Å². The average Bonchev–Trinajstić information content (AvgIpc) is 2.25. The standard InChI is InChI=1S/C9H20N2O3S2/c1-7(13)5-11-9(14)8(6-16-15)10-3-2-4-12/h7-8,10,12-13,15H,2-6H2,1H3,(H,11,14)/t7?,8-/m0/s1. The lowest BCUT2D eigenvalue weighted by Gasteiger charge is -2.17. The minimum absolute atomic E-state index is 0.100. The van der Waals surface area contributed by atoms with Crippen LogP contribution < -0.4 is 10.6 Å². The van der Waals surface area contributed by atoms with E-state index in [1.807, 2.05) is 0 Å². The quantitative estimate of drug-likeness (QED) is 0.219. The highest BCUT2D eigenvalue weighted by atomic mass is 33.1. The Morgan fingerprint density at radius 2 is 2.25 bits per heavy atom. The second-order valence-corrected chi connectivity index (χ2v) is 4.84. The summed E-state index contributed by atoms with van der Waals surface area (Å²) in [5.74, 6) is 0.389. The predicted octanol–water partition coefficient (Wildman–Crippen LogP) is -0.598. The summed E-state index contributed by atoms with van der Waals surface area (Å²) in [6, 6.07) is -0.340. The minimum atomic E-state index is -0.550. The van der Waals surface area contributed by atoms with Crippen molar-refractivity contribution in [3.05, 3.63) is 0 Å². The maximum Gasteiger partial charge on any atom is 0.238 e. The molecule has 0 spiro atoms. The Labute approximate surface area is 105 Å². The van der Waals surface area contributed by atoms with E-state index in [1.165, 1.54) is 10.8 Å². The molecule has 7 heteroatoms. The maximum atomic E-state index is 11.6. The largest absolute Gasteiger partial charge is 0.396 e. The third kappa shape index (κ3) is 8.23. The van der Waals surface area contributed by atoms with E-state index in [1.54, 1.807) is 6.92 Å². The Kier molecular flexibility index (Phi) is 10.3. The molecular weight excluding hydrogens is 248 g/mol. The Morgan fingerprint density at radius 1 is 1.56 bits per heavy atom. The van der Waals surface area contributed by atoms with Gasteiger partial charge >= 0.3 is 0 Å². The number of carbonyl (C=O) groups excluding carboxylic acids is 1. The molecule has 0 rings (SSSR count). The van der Waals surface area contributed by atoms with Gasteiger partial charge in [-0.3, -0.25) is 4.79 Å². The number of carbonyl (C=O) groups is 1. The minimum Gasteiger partial charge on any atom is -0.396 e. The zero-order chi connectivity index (χ0) is 12.4. The molecule has 0 fully saturated rings. The number of aliphatic hydroxyl groups excluding tert-OH is 2. The van der Waals surface area contributed by atoms with Gasteiger partial charge in [0.1, 0.15) is 0 Å². The fraction of sp³-hybridized carbons (Fsp3) is 0.889. The number of rotatable bonds is 9. The third-order valence-electron chi connectivity index (χ3n) is 1.86. The SMILES string of the molecule is CC(O)CNC(=O)[C@H](CSS)NCCCO. The number of amides is 1. The van der Waals surface area contributed by atoms with Crippen molar-refractivity contribution in [2.75, 3.05) is 25.4 Å². The van der Waals surface area contributed by atoms with Crippen LogP contribution in [0.25, 0.3) is 0 Å². The Bertz CT molecular complexity index is 194. The summed E-state index contributed by atoms with van der Waals surface area (Å²) < 4.78 is 0. The molecule has 0 aromatic carbocycles. The lowest BCUT2D eigenvalue weighted by Crippen LogP contribution is -2.47. The van der Waals surface area contributed by atoms with E-state index in [0.29, 0.717) is 18.7 Å². The number of nitrogens with one attached hydrogen (secondary N) is 2. The van der Waals surface area contributed by atoms with Gasteiger partial charge in [0.15, 0.2) is 0 Å². The average molecular weight is 268 g/mol. The summed E-state index contributed by atoms with van der Waals surface area (Å²) in [6.45, 7) is 2.54. The number of hydrogen-bond donors (Lipinski definition) is 5. The summed E-state index contributed by atoms with van der Waals surface area (Å²) in [7, 11) is 1.28. The Balaban J connectivity index is 3.92. The van der Waals surface area contributed by atoms with Gasteiger partial charge in [0.25, 0.3) is 0 Å². The zero-order valence-electron chi connectivity index (χ0n) is 9.35. The van der Waals surface area contributed by atoms with Crippen LogP contribution in [0.1, 0.15) is 13.3 Å². The van der Waals surface area contributed by atoms with Crippen molar-refractivity contribution in [1.29, 1.82) is 0 Å². The first kappa shape index (κ1) is 16.1. The van der Waals surface area contributed by atoms with Gasteiger partial charge in [-0.15, -0.1) is 11.7 Å². The molecule has 2 atom stereocenters. The molecule has 0 saturated heterocycles. The van der Waals surface area contributed by atoms with E-state index in [9.17, 15) is 4.79 Å². The molecule has 1 unspecified atom stereocenters. The van der Waals surface area contributed by atoms with Gasteiger partial charge in [0.05, 0.1) is 12.1 Å². The highest BCUT2D eigenvalue weighted by molar-refractivity contribution is 8.68. The molecule has 0 saturated carbocycles. The molecule has 0 aliphatic carbocycles. The summed E-state index contributed by atoms with van der Waals surface area (Å²) in [5, 5.41) is 23.3. The van der Waals surface area contributed by atoms with E-state index < -0.39 is 6.10 Å². The third-order valence-corrected chi connectivity index (χ3v) is 2.78. The van der Waals surface area contributed by atoms with Crippen molar-refractivity contribution in [2.24, 2.45) is 0 Å². The number of aliphatic hydroxyl groups is 2. The summed E-state index contributed by atoms with van der Waals surface area (Å²) in [5.41, 5.74) is 0. The highest BCUT2D eigenvalue weighted by Crippen LogP contribution is 2.07. The van der Waals surface area contributed by atoms with Gasteiger partial charge in [-0.25, -0.2) is 0 Å². The van der Waals surface area contributed by atoms with E-state index in [2.05, 4.69) is 22.3 Å². The molecule has 0 aromatic heterocycles. The molecule has 16 heavy (non-hydrogen) atoms. The topological polar surface area (TPSA) is 81.6 Å². The van der Waals surface area contributed by atoms with Crippen LogP contribution in [0.15, 0.2) is 0 Å². The number of thiol groups is 1. The van der Waals surface area contributed by atoms with Gasteiger partial charge in [-0.2, -0.15) is 0 Å². The first-order chi connectivity index (χ1) is 7.61. The van der Waals surface area contributed by atoms with Crippen molar-refractivity contribution in [3.8, 4) is 0 Å². The lowest BCUT2D eigenvalue weighted by molar-refractivity contribution is -0.123. The summed E-state index contributed by atoms with van der Waals surface area (Å²) in [4.78, 5) is 11.6. The summed E-state index contributed by atoms with van der Waals surface area (Å²) in [6.07, 6.45) is 0.0583. The molecule has 4 N–H and O–H groups in total. The molecule has 0 radical (unpaired) electrons. The fourth-order valence-corrected chi connectivity index (χ4v) is 1.89. The van der Waals surface area contributed by atoms with Gasteiger partial charge in [0.2, 0.25) is 5.91 Å². The van der Waals surface area contributed by atoms with Crippen LogP contribution >= 0.6 is 22.5 Å². The van der Waals surface area contributed by atoms with Crippen molar-refractivity contribution in [3.63, 3.8) is 0 Å². The second-order valence-electron chi connectivity index (χ2n) is 3.47. The Morgan fingerprint density at radius 3 is 2.75 bits per heavy atom. The first-order valence-electron chi connectivity index (χ1n) is 5.18. The maximum absolute atomic E-state index is 11.6. The normalized spacial score (nSPS) is 14.5. The molecular formula is C9H20N2O3S2. The molecule has 0 aromatic rings. The molecule has 0 bridgehead atoms. The van der Waals surface area contributed by atoms with Crippen LogP contribution in [0.3, 0.4) is 0 Å². The first-order valence-corrected chi connectivity index (χ1v) is 7.22. The fourth-order valence-electron chi connectivity index (χ4n) is 1.03. The monoisotopic (exact) mass is 268 g/mol. The van der Waals surface area contributed by atoms with Crippen molar-refractivity contribution in [2.45, 2.75) is 25.5 Å². The number of hydrogen-bond acceptors (Lipinski definition) is 6. The summed E-state index contributed by atoms with van der Waals surface area (Å²) >= 11 is 4.01. The van der Waals surface area contributed by atoms with Crippen LogP contribution in [0.4, 0.5) is 0 Å². The van der Waals surface area contributed by atoms with Crippen molar-refractivity contribution in [1.82, 2.24) is 10.6 Å². The van der Waals surface area contributed by atoms with E-state index in [-0.39, 0.29) is 25.1 Å². The second kappa shape index (κ2) is 10.2. The lowest BCUT2D eigenvalue weighted by atomic mass is 10.3. The Hall–Kier alpha value is 0.0500. The van der Waals surface area contributed by atoms with E-state index in [4.69, 9.17) is 10.2 Å². The van der Waals surface area contributed by atoms with Gasteiger partial charge < -0.3 is 20.8 Å². The van der Waals surface area contributed by atoms with Crippen molar-refractivity contribution >= 4 is 28.4 Å². The zero-order valence-corrected chi connectivity index (χ0v) is 11.1. The highest BCUT2D eigenvalue weighted by Gasteiger charge is 2.17. The van der Waals surface area contributed by atoms with Crippen LogP contribution in [-0.4, -0.2) is 53.7 Å². The predicted molar refractivity (Wildman–Crippen MR) is 69.6 cm³/mol. The smallest absolute Gasteiger partial charge is 0.238 e. The van der Waals surface area contributed by atoms with Gasteiger partial charge in [0, 0.05) is 18.9 Å². The molecule has 1 amide bonds. The molecule has 96 valence electrons. The van der Waals surface area contributed by atoms with Crippen LogP contribution in [0.5, 0.6) is 0 Å². The van der Waals surface area contributed by atoms with E-state index >= 15 is 0 Å². The molecule has 5 nitrogen and oxygen atoms in total. The van der Waals surface area contributed by atoms with Crippen LogP contribution in [-0.2, 0) is 4.79 Å².